The van der Waals surface area contributed by atoms with E-state index in [4.69, 9.17) is 5.73 Å². The number of nitrogens with zero attached hydrogens (tertiary/aromatic N) is 6. The molecule has 1 aliphatic rings. The van der Waals surface area contributed by atoms with Gasteiger partial charge < -0.3 is 15.2 Å². The third kappa shape index (κ3) is 2.53. The fourth-order valence-electron chi connectivity index (χ4n) is 2.21. The van der Waals surface area contributed by atoms with Crippen LogP contribution in [0.4, 0.5) is 19.0 Å². The fourth-order valence-corrected chi connectivity index (χ4v) is 2.21. The van der Waals surface area contributed by atoms with Crippen LogP contribution < -0.4 is 10.6 Å². The molecule has 2 aromatic heterocycles. The second-order valence-corrected chi connectivity index (χ2v) is 4.58. The monoisotopic (exact) mass is 299 g/mol. The van der Waals surface area contributed by atoms with Crippen molar-refractivity contribution in [3.05, 3.63) is 29.7 Å². The summed E-state index contributed by atoms with van der Waals surface area (Å²) in [5.74, 6) is -0.131. The predicted octanol–water partition coefficient (Wildman–Crippen LogP) is 0.566. The zero-order chi connectivity index (χ0) is 15.0. The van der Waals surface area contributed by atoms with Gasteiger partial charge in [0.05, 0.1) is 18.4 Å². The normalized spacial score (nSPS) is 15.1. The summed E-state index contributed by atoms with van der Waals surface area (Å²) in [5.41, 5.74) is 6.12. The van der Waals surface area contributed by atoms with Crippen LogP contribution in [-0.4, -0.2) is 31.3 Å². The van der Waals surface area contributed by atoms with Crippen LogP contribution in [0.3, 0.4) is 0 Å². The molecule has 0 amide bonds. The lowest BCUT2D eigenvalue weighted by molar-refractivity contribution is -0.147. The van der Waals surface area contributed by atoms with Crippen LogP contribution in [0.2, 0.25) is 0 Å². The molecule has 0 aromatic carbocycles. The van der Waals surface area contributed by atoms with E-state index in [0.717, 1.165) is 4.57 Å². The van der Waals surface area contributed by atoms with Crippen molar-refractivity contribution in [3.63, 3.8) is 0 Å². The molecule has 112 valence electrons. The number of nitrogens with two attached hydrogens (primary N) is 1. The second kappa shape index (κ2) is 4.95. The number of alkyl halides is 3. The Kier molecular flexibility index (Phi) is 3.24. The summed E-state index contributed by atoms with van der Waals surface area (Å²) in [5, 5.41) is 6.86. The molecule has 0 saturated carbocycles. The van der Waals surface area contributed by atoms with E-state index in [1.54, 1.807) is 17.3 Å². The second-order valence-electron chi connectivity index (χ2n) is 4.58. The van der Waals surface area contributed by atoms with Gasteiger partial charge in [0.25, 0.3) is 0 Å². The van der Waals surface area contributed by atoms with E-state index in [0.29, 0.717) is 18.1 Å². The van der Waals surface area contributed by atoms with Crippen molar-refractivity contribution in [2.24, 2.45) is 5.73 Å². The molecule has 0 bridgehead atoms. The average Bonchev–Trinajstić information content (AvgIpc) is 2.90. The zero-order valence-corrected chi connectivity index (χ0v) is 10.9. The predicted molar refractivity (Wildman–Crippen MR) is 66.0 cm³/mol. The Bertz CT molecular complexity index is 652. The van der Waals surface area contributed by atoms with Crippen molar-refractivity contribution in [1.82, 2.24) is 24.7 Å². The summed E-state index contributed by atoms with van der Waals surface area (Å²) in [6.45, 7) is 0.970. The van der Waals surface area contributed by atoms with Gasteiger partial charge in [-0.25, -0.2) is 4.98 Å². The van der Waals surface area contributed by atoms with Crippen LogP contribution in [-0.2, 0) is 25.8 Å². The molecule has 10 heteroatoms. The van der Waals surface area contributed by atoms with Crippen LogP contribution in [0.1, 0.15) is 17.3 Å². The summed E-state index contributed by atoms with van der Waals surface area (Å²) < 4.78 is 39.4. The number of anilines is 1. The molecule has 21 heavy (non-hydrogen) atoms. The summed E-state index contributed by atoms with van der Waals surface area (Å²) in [6.07, 6.45) is -1.39. The minimum atomic E-state index is -4.49. The maximum Gasteiger partial charge on any atom is 0.451 e. The highest BCUT2D eigenvalue weighted by molar-refractivity contribution is 5.37. The lowest BCUT2D eigenvalue weighted by Crippen LogP contribution is -2.36. The van der Waals surface area contributed by atoms with Gasteiger partial charge in [-0.3, -0.25) is 4.98 Å². The van der Waals surface area contributed by atoms with Gasteiger partial charge in [-0.2, -0.15) is 13.2 Å². The van der Waals surface area contributed by atoms with E-state index in [1.165, 1.54) is 0 Å². The van der Waals surface area contributed by atoms with Gasteiger partial charge >= 0.3 is 6.18 Å². The van der Waals surface area contributed by atoms with Gasteiger partial charge in [0, 0.05) is 25.8 Å². The Morgan fingerprint density at radius 3 is 2.71 bits per heavy atom. The number of hydrogen-bond acceptors (Lipinski definition) is 6. The highest BCUT2D eigenvalue weighted by atomic mass is 19.4. The van der Waals surface area contributed by atoms with Crippen LogP contribution in [0.25, 0.3) is 0 Å². The van der Waals surface area contributed by atoms with Gasteiger partial charge in [0.15, 0.2) is 5.82 Å². The molecule has 0 aliphatic carbocycles. The molecule has 0 atom stereocenters. The summed E-state index contributed by atoms with van der Waals surface area (Å²) in [7, 11) is 0. The standard InChI is InChI=1S/C11H12F3N7/c12-11(13,14)10-19-18-9-6-20(1-2-21(9)10)8-5-16-4-7(3-15)17-8/h4-5H,1-3,6,15H2. The highest BCUT2D eigenvalue weighted by Gasteiger charge is 2.39. The molecule has 0 saturated heterocycles. The van der Waals surface area contributed by atoms with E-state index in [9.17, 15) is 13.2 Å². The maximum absolute atomic E-state index is 12.8. The molecule has 7 nitrogen and oxygen atoms in total. The minimum absolute atomic E-state index is 0.145. The first-order valence-electron chi connectivity index (χ1n) is 6.24. The molecule has 0 radical (unpaired) electrons. The molecule has 2 aromatic rings. The van der Waals surface area contributed by atoms with Gasteiger partial charge in [-0.05, 0) is 0 Å². The van der Waals surface area contributed by atoms with Crippen molar-refractivity contribution in [1.29, 1.82) is 0 Å². The topological polar surface area (TPSA) is 85.8 Å². The van der Waals surface area contributed by atoms with E-state index in [1.807, 2.05) is 0 Å². The largest absolute Gasteiger partial charge is 0.451 e. The quantitative estimate of drug-likeness (QED) is 0.872. The lowest BCUT2D eigenvalue weighted by Gasteiger charge is -2.28. The summed E-state index contributed by atoms with van der Waals surface area (Å²) in [4.78, 5) is 10.1. The van der Waals surface area contributed by atoms with E-state index in [-0.39, 0.29) is 25.5 Å². The number of fused-ring (bicyclic) bond motifs is 1. The smallest absolute Gasteiger partial charge is 0.346 e. The Labute approximate surface area is 117 Å². The molecular weight excluding hydrogens is 287 g/mol. The third-order valence-corrected chi connectivity index (χ3v) is 3.21. The summed E-state index contributed by atoms with van der Waals surface area (Å²) in [6, 6.07) is 0. The molecule has 1 aliphatic heterocycles. The maximum atomic E-state index is 12.8. The molecule has 2 N–H and O–H groups in total. The van der Waals surface area contributed by atoms with E-state index in [2.05, 4.69) is 20.2 Å². The molecule has 3 rings (SSSR count). The Morgan fingerprint density at radius 1 is 1.19 bits per heavy atom. The number of halogens is 3. The van der Waals surface area contributed by atoms with Crippen LogP contribution in [0.5, 0.6) is 0 Å². The first kappa shape index (κ1) is 13.7. The van der Waals surface area contributed by atoms with Crippen molar-refractivity contribution < 1.29 is 13.2 Å². The number of rotatable bonds is 2. The Morgan fingerprint density at radius 2 is 2.00 bits per heavy atom. The fraction of sp³-hybridized carbons (Fsp3) is 0.455. The van der Waals surface area contributed by atoms with E-state index >= 15 is 0 Å². The van der Waals surface area contributed by atoms with Crippen LogP contribution in [0.15, 0.2) is 12.4 Å². The lowest BCUT2D eigenvalue weighted by atomic mass is 10.3. The minimum Gasteiger partial charge on any atom is -0.346 e. The third-order valence-electron chi connectivity index (χ3n) is 3.21. The SMILES string of the molecule is NCc1cncc(N2CCn3c(nnc3C(F)(F)F)C2)n1. The molecule has 0 unspecified atom stereocenters. The van der Waals surface area contributed by atoms with Gasteiger partial charge in [-0.15, -0.1) is 10.2 Å². The number of hydrogen-bond donors (Lipinski definition) is 1. The zero-order valence-electron chi connectivity index (χ0n) is 10.9. The average molecular weight is 299 g/mol. The van der Waals surface area contributed by atoms with Crippen molar-refractivity contribution in [2.45, 2.75) is 25.8 Å². The first-order chi connectivity index (χ1) is 9.99. The van der Waals surface area contributed by atoms with Crippen molar-refractivity contribution in [3.8, 4) is 0 Å². The molecular formula is C11H12F3N7. The van der Waals surface area contributed by atoms with Crippen molar-refractivity contribution >= 4 is 5.82 Å². The number of aromatic nitrogens is 5. The highest BCUT2D eigenvalue weighted by Crippen LogP contribution is 2.30. The first-order valence-corrected chi connectivity index (χ1v) is 6.24. The molecule has 0 fully saturated rings. The Hall–Kier alpha value is -2.23. The summed E-state index contributed by atoms with van der Waals surface area (Å²) >= 11 is 0. The van der Waals surface area contributed by atoms with Crippen LogP contribution >= 0.6 is 0 Å². The van der Waals surface area contributed by atoms with Crippen LogP contribution in [0, 0.1) is 0 Å². The van der Waals surface area contributed by atoms with Gasteiger partial charge in [-0.1, -0.05) is 0 Å². The van der Waals surface area contributed by atoms with Gasteiger partial charge in [0.1, 0.15) is 5.82 Å². The molecule has 0 spiro atoms. The van der Waals surface area contributed by atoms with Gasteiger partial charge in [0.2, 0.25) is 5.82 Å². The van der Waals surface area contributed by atoms with E-state index < -0.39 is 12.0 Å². The Balaban J connectivity index is 1.86. The molecule has 3 heterocycles. The van der Waals surface area contributed by atoms with Crippen molar-refractivity contribution in [2.75, 3.05) is 11.4 Å².